The molecule has 1 atom stereocenters. The maximum atomic E-state index is 13.3. The van der Waals surface area contributed by atoms with Gasteiger partial charge in [0.15, 0.2) is 6.04 Å². The summed E-state index contributed by atoms with van der Waals surface area (Å²) < 4.78 is 6.00. The lowest BCUT2D eigenvalue weighted by atomic mass is 9.96. The first-order valence-corrected chi connectivity index (χ1v) is 10.6. The molecular formula is C22H22Cl2N2O4. The van der Waals surface area contributed by atoms with Gasteiger partial charge in [-0.15, -0.1) is 0 Å². The van der Waals surface area contributed by atoms with E-state index in [1.54, 1.807) is 12.1 Å². The molecule has 1 unspecified atom stereocenters. The van der Waals surface area contributed by atoms with Gasteiger partial charge in [0.25, 0.3) is 5.91 Å². The zero-order chi connectivity index (χ0) is 21.3. The molecule has 8 heteroatoms. The fraction of sp³-hybridized carbons (Fsp3) is 0.364. The van der Waals surface area contributed by atoms with Crippen LogP contribution in [0.15, 0.2) is 48.5 Å². The minimum atomic E-state index is -1.08. The Bertz CT molecular complexity index is 945. The highest BCUT2D eigenvalue weighted by molar-refractivity contribution is 6.42. The predicted molar refractivity (Wildman–Crippen MR) is 114 cm³/mol. The Morgan fingerprint density at radius 1 is 1.07 bits per heavy atom. The van der Waals surface area contributed by atoms with Crippen molar-refractivity contribution in [3.63, 3.8) is 0 Å². The molecule has 2 aromatic carbocycles. The average molecular weight is 449 g/mol. The van der Waals surface area contributed by atoms with Crippen LogP contribution < -0.4 is 0 Å². The largest absolute Gasteiger partial charge is 0.480 e. The Balaban J connectivity index is 1.55. The van der Waals surface area contributed by atoms with Gasteiger partial charge in [0.1, 0.15) is 5.72 Å². The van der Waals surface area contributed by atoms with Crippen LogP contribution in [0.5, 0.6) is 0 Å². The maximum absolute atomic E-state index is 13.3. The number of halogens is 2. The first kappa shape index (κ1) is 21.1. The van der Waals surface area contributed by atoms with Crippen LogP contribution in [0.2, 0.25) is 10.0 Å². The Labute approximate surface area is 184 Å². The monoisotopic (exact) mass is 448 g/mol. The van der Waals surface area contributed by atoms with E-state index in [2.05, 4.69) is 17.0 Å². The number of likely N-dealkylation sites (tertiary alicyclic amines) is 1. The second kappa shape index (κ2) is 8.55. The average Bonchev–Trinajstić information content (AvgIpc) is 3.11. The van der Waals surface area contributed by atoms with Crippen molar-refractivity contribution in [3.05, 3.63) is 69.7 Å². The summed E-state index contributed by atoms with van der Waals surface area (Å²) in [5.41, 5.74) is 0.583. The summed E-state index contributed by atoms with van der Waals surface area (Å²) in [6.45, 7) is 2.18. The van der Waals surface area contributed by atoms with E-state index < -0.39 is 23.6 Å². The molecule has 2 heterocycles. The summed E-state index contributed by atoms with van der Waals surface area (Å²) >= 11 is 12.0. The molecule has 0 aliphatic carbocycles. The molecule has 2 aliphatic rings. The SMILES string of the molecule is O=C(O)C1COC2(CCN(Cc3ccccc3)CC2)N1C(=O)c1ccc(Cl)c(Cl)c1. The minimum Gasteiger partial charge on any atom is -0.480 e. The summed E-state index contributed by atoms with van der Waals surface area (Å²) in [5.74, 6) is -1.48. The van der Waals surface area contributed by atoms with Crippen LogP contribution in [0.1, 0.15) is 28.8 Å². The van der Waals surface area contributed by atoms with Gasteiger partial charge < -0.3 is 9.84 Å². The maximum Gasteiger partial charge on any atom is 0.328 e. The lowest BCUT2D eigenvalue weighted by Crippen LogP contribution is -2.58. The van der Waals surface area contributed by atoms with Crippen LogP contribution in [0, 0.1) is 0 Å². The van der Waals surface area contributed by atoms with Gasteiger partial charge in [0, 0.05) is 38.0 Å². The minimum absolute atomic E-state index is 0.0267. The number of hydrogen-bond donors (Lipinski definition) is 1. The number of amides is 1. The number of carboxylic acid groups (broad SMARTS) is 1. The molecule has 6 nitrogen and oxygen atoms in total. The van der Waals surface area contributed by atoms with Crippen molar-refractivity contribution >= 4 is 35.1 Å². The van der Waals surface area contributed by atoms with E-state index in [9.17, 15) is 14.7 Å². The van der Waals surface area contributed by atoms with Crippen molar-refractivity contribution in [3.8, 4) is 0 Å². The highest BCUT2D eigenvalue weighted by Gasteiger charge is 2.54. The predicted octanol–water partition coefficient (Wildman–Crippen LogP) is 3.91. The number of nitrogens with zero attached hydrogens (tertiary/aromatic N) is 2. The Hall–Kier alpha value is -2.12. The van der Waals surface area contributed by atoms with E-state index in [-0.39, 0.29) is 11.6 Å². The Morgan fingerprint density at radius 2 is 1.77 bits per heavy atom. The van der Waals surface area contributed by atoms with E-state index in [4.69, 9.17) is 27.9 Å². The highest BCUT2D eigenvalue weighted by atomic mass is 35.5. The molecule has 0 radical (unpaired) electrons. The molecule has 0 bridgehead atoms. The molecule has 30 heavy (non-hydrogen) atoms. The van der Waals surface area contributed by atoms with Crippen molar-refractivity contribution in [2.75, 3.05) is 19.7 Å². The molecule has 2 fully saturated rings. The van der Waals surface area contributed by atoms with Crippen LogP contribution >= 0.6 is 23.2 Å². The second-order valence-electron chi connectivity index (χ2n) is 7.68. The smallest absolute Gasteiger partial charge is 0.328 e. The lowest BCUT2D eigenvalue weighted by molar-refractivity contribution is -0.144. The fourth-order valence-electron chi connectivity index (χ4n) is 4.23. The Kier molecular flexibility index (Phi) is 6.02. The molecule has 4 rings (SSSR count). The first-order chi connectivity index (χ1) is 14.4. The van der Waals surface area contributed by atoms with Crippen molar-refractivity contribution < 1.29 is 19.4 Å². The molecule has 2 aliphatic heterocycles. The van der Waals surface area contributed by atoms with Gasteiger partial charge >= 0.3 is 5.97 Å². The molecular weight excluding hydrogens is 427 g/mol. The summed E-state index contributed by atoms with van der Waals surface area (Å²) in [6.07, 6.45) is 1.08. The highest BCUT2D eigenvalue weighted by Crippen LogP contribution is 2.39. The van der Waals surface area contributed by atoms with Gasteiger partial charge in [0.05, 0.1) is 16.7 Å². The zero-order valence-electron chi connectivity index (χ0n) is 16.3. The molecule has 2 saturated heterocycles. The van der Waals surface area contributed by atoms with Gasteiger partial charge in [-0.25, -0.2) is 4.79 Å². The van der Waals surface area contributed by atoms with Crippen LogP contribution in [-0.2, 0) is 16.1 Å². The molecule has 158 valence electrons. The van der Waals surface area contributed by atoms with Crippen LogP contribution in [0.25, 0.3) is 0 Å². The van der Waals surface area contributed by atoms with Crippen molar-refractivity contribution in [2.24, 2.45) is 0 Å². The van der Waals surface area contributed by atoms with E-state index in [1.807, 2.05) is 18.2 Å². The molecule has 0 aromatic heterocycles. The fourth-order valence-corrected chi connectivity index (χ4v) is 4.52. The third kappa shape index (κ3) is 4.05. The first-order valence-electron chi connectivity index (χ1n) is 9.81. The van der Waals surface area contributed by atoms with Gasteiger partial charge in [-0.1, -0.05) is 53.5 Å². The van der Waals surface area contributed by atoms with E-state index >= 15 is 0 Å². The number of hydrogen-bond acceptors (Lipinski definition) is 4. The van der Waals surface area contributed by atoms with Crippen molar-refractivity contribution in [1.82, 2.24) is 9.80 Å². The Morgan fingerprint density at radius 3 is 2.40 bits per heavy atom. The lowest BCUT2D eigenvalue weighted by Gasteiger charge is -2.44. The molecule has 1 spiro atoms. The molecule has 1 N–H and O–H groups in total. The number of aliphatic carboxylic acids is 1. The van der Waals surface area contributed by atoms with Gasteiger partial charge in [-0.05, 0) is 23.8 Å². The number of piperidine rings is 1. The topological polar surface area (TPSA) is 70.1 Å². The summed E-state index contributed by atoms with van der Waals surface area (Å²) in [7, 11) is 0. The van der Waals surface area contributed by atoms with E-state index in [0.717, 1.165) is 6.54 Å². The molecule has 0 saturated carbocycles. The van der Waals surface area contributed by atoms with Crippen molar-refractivity contribution in [1.29, 1.82) is 0 Å². The quantitative estimate of drug-likeness (QED) is 0.767. The van der Waals surface area contributed by atoms with Crippen LogP contribution in [0.4, 0.5) is 0 Å². The van der Waals surface area contributed by atoms with E-state index in [0.29, 0.717) is 36.5 Å². The number of carboxylic acids is 1. The van der Waals surface area contributed by atoms with Gasteiger partial charge in [-0.3, -0.25) is 14.6 Å². The van der Waals surface area contributed by atoms with Crippen LogP contribution in [0.3, 0.4) is 0 Å². The summed E-state index contributed by atoms with van der Waals surface area (Å²) in [5, 5.41) is 10.3. The second-order valence-corrected chi connectivity index (χ2v) is 8.49. The molecule has 1 amide bonds. The normalized spacial score (nSPS) is 21.1. The number of rotatable bonds is 4. The summed E-state index contributed by atoms with van der Waals surface area (Å²) in [4.78, 5) is 28.9. The zero-order valence-corrected chi connectivity index (χ0v) is 17.8. The van der Waals surface area contributed by atoms with Gasteiger partial charge in [-0.2, -0.15) is 0 Å². The van der Waals surface area contributed by atoms with Crippen LogP contribution in [-0.4, -0.2) is 58.2 Å². The number of carbonyl (C=O) groups excluding carboxylic acids is 1. The van der Waals surface area contributed by atoms with E-state index in [1.165, 1.54) is 16.5 Å². The number of ether oxygens (including phenoxy) is 1. The molecule has 2 aromatic rings. The standard InChI is InChI=1S/C22H22Cl2N2O4/c23-17-7-6-16(12-18(17)24)20(27)26-19(21(28)29)14-30-22(26)8-10-25(11-9-22)13-15-4-2-1-3-5-15/h1-7,12,19H,8-11,13-14H2,(H,28,29). The summed E-state index contributed by atoms with van der Waals surface area (Å²) in [6, 6.07) is 13.7. The number of carbonyl (C=O) groups is 2. The third-order valence-electron chi connectivity index (χ3n) is 5.82. The number of benzene rings is 2. The third-order valence-corrected chi connectivity index (χ3v) is 6.56. The van der Waals surface area contributed by atoms with Gasteiger partial charge in [0.2, 0.25) is 0 Å². The van der Waals surface area contributed by atoms with Crippen molar-refractivity contribution in [2.45, 2.75) is 31.2 Å².